The summed E-state index contributed by atoms with van der Waals surface area (Å²) in [5, 5.41) is 20.1. The highest BCUT2D eigenvalue weighted by Gasteiger charge is 2.53. The van der Waals surface area contributed by atoms with Gasteiger partial charge in [0.1, 0.15) is 16.1 Å². The van der Waals surface area contributed by atoms with Crippen molar-refractivity contribution in [3.05, 3.63) is 29.6 Å². The van der Waals surface area contributed by atoms with Crippen molar-refractivity contribution in [3.63, 3.8) is 0 Å². The van der Waals surface area contributed by atoms with Crippen LogP contribution in [-0.4, -0.2) is 48.1 Å². The summed E-state index contributed by atoms with van der Waals surface area (Å²) in [6.45, 7) is 1.29. The number of sulfonamides is 1. The van der Waals surface area contributed by atoms with E-state index in [1.165, 1.54) is 12.1 Å². The van der Waals surface area contributed by atoms with Crippen LogP contribution in [0.4, 0.5) is 4.39 Å². The Kier molecular flexibility index (Phi) is 4.63. The first-order chi connectivity index (χ1) is 11.7. The number of halogens is 1. The molecule has 138 valence electrons. The first kappa shape index (κ1) is 18.3. The Morgan fingerprint density at radius 3 is 2.60 bits per heavy atom. The number of hydrogen-bond donors (Lipinski definition) is 2. The number of benzene rings is 1. The Morgan fingerprint density at radius 2 is 2.04 bits per heavy atom. The molecule has 0 unspecified atom stereocenters. The minimum Gasteiger partial charge on any atom is -0.481 e. The fourth-order valence-electron chi connectivity index (χ4n) is 3.54. The van der Waals surface area contributed by atoms with Crippen LogP contribution in [0.15, 0.2) is 23.1 Å². The number of carboxylic acids is 1. The summed E-state index contributed by atoms with van der Waals surface area (Å²) < 4.78 is 40.9. The maximum absolute atomic E-state index is 14.2. The van der Waals surface area contributed by atoms with E-state index in [4.69, 9.17) is 0 Å². The molecular weight excluding hydrogens is 349 g/mol. The van der Waals surface area contributed by atoms with Gasteiger partial charge in [0, 0.05) is 13.1 Å². The first-order valence-corrected chi connectivity index (χ1v) is 9.78. The fourth-order valence-corrected chi connectivity index (χ4v) is 5.11. The molecule has 1 aromatic carbocycles. The van der Waals surface area contributed by atoms with Crippen molar-refractivity contribution in [2.45, 2.75) is 43.6 Å². The molecule has 1 saturated carbocycles. The minimum atomic E-state index is -4.17. The molecule has 0 aromatic heterocycles. The summed E-state index contributed by atoms with van der Waals surface area (Å²) in [6, 6.07) is 3.85. The highest BCUT2D eigenvalue weighted by Crippen LogP contribution is 2.45. The number of nitrogens with zero attached hydrogens (tertiary/aromatic N) is 1. The van der Waals surface area contributed by atoms with E-state index < -0.39 is 38.2 Å². The number of aliphatic carboxylic acids is 1. The Balaban J connectivity index is 1.95. The van der Waals surface area contributed by atoms with Gasteiger partial charge < -0.3 is 10.2 Å². The van der Waals surface area contributed by atoms with Gasteiger partial charge in [-0.15, -0.1) is 0 Å². The summed E-state index contributed by atoms with van der Waals surface area (Å²) >= 11 is 0. The summed E-state index contributed by atoms with van der Waals surface area (Å²) in [4.78, 5) is 11.5. The second-order valence-corrected chi connectivity index (χ2v) is 9.09. The van der Waals surface area contributed by atoms with Crippen molar-refractivity contribution < 1.29 is 27.8 Å². The quantitative estimate of drug-likeness (QED) is 0.822. The number of rotatable bonds is 5. The molecule has 1 saturated heterocycles. The second-order valence-electron chi connectivity index (χ2n) is 7.19. The number of aliphatic hydroxyl groups is 1. The van der Waals surface area contributed by atoms with Gasteiger partial charge in [-0.2, -0.15) is 4.31 Å². The van der Waals surface area contributed by atoms with Crippen LogP contribution in [0, 0.1) is 24.1 Å². The van der Waals surface area contributed by atoms with E-state index in [1.54, 1.807) is 6.92 Å². The highest BCUT2D eigenvalue weighted by atomic mass is 32.2. The first-order valence-electron chi connectivity index (χ1n) is 8.34. The fraction of sp³-hybridized carbons (Fsp3) is 0.588. The van der Waals surface area contributed by atoms with Crippen LogP contribution < -0.4 is 0 Å². The number of piperidine rings is 1. The van der Waals surface area contributed by atoms with Crippen molar-refractivity contribution in [2.24, 2.45) is 11.3 Å². The SMILES string of the molecule is Cc1ccc(S(=O)(=O)N2CC[C@@H](O)[C@@](CC3CC3)(C(=O)O)C2)c(F)c1. The van der Waals surface area contributed by atoms with Crippen molar-refractivity contribution in [3.8, 4) is 0 Å². The minimum absolute atomic E-state index is 0.0196. The Morgan fingerprint density at radius 1 is 1.36 bits per heavy atom. The van der Waals surface area contributed by atoms with Gasteiger partial charge in [-0.05, 0) is 43.4 Å². The largest absolute Gasteiger partial charge is 0.481 e. The molecule has 0 radical (unpaired) electrons. The smallest absolute Gasteiger partial charge is 0.313 e. The number of aryl methyl sites for hydroxylation is 1. The van der Waals surface area contributed by atoms with Crippen LogP contribution >= 0.6 is 0 Å². The monoisotopic (exact) mass is 371 g/mol. The van der Waals surface area contributed by atoms with E-state index in [-0.39, 0.29) is 31.8 Å². The zero-order valence-electron chi connectivity index (χ0n) is 14.0. The van der Waals surface area contributed by atoms with E-state index in [0.29, 0.717) is 5.56 Å². The third-order valence-electron chi connectivity index (χ3n) is 5.23. The van der Waals surface area contributed by atoms with Gasteiger partial charge in [-0.25, -0.2) is 12.8 Å². The average Bonchev–Trinajstić information content (AvgIpc) is 3.32. The third kappa shape index (κ3) is 3.30. The van der Waals surface area contributed by atoms with Gasteiger partial charge in [-0.1, -0.05) is 18.9 Å². The van der Waals surface area contributed by atoms with Crippen molar-refractivity contribution >= 4 is 16.0 Å². The normalized spacial score (nSPS) is 28.0. The van der Waals surface area contributed by atoms with Crippen molar-refractivity contribution in [1.82, 2.24) is 4.31 Å². The molecule has 8 heteroatoms. The number of carbonyl (C=O) groups is 1. The van der Waals surface area contributed by atoms with E-state index in [9.17, 15) is 27.8 Å². The number of hydrogen-bond acceptors (Lipinski definition) is 4. The van der Waals surface area contributed by atoms with E-state index >= 15 is 0 Å². The third-order valence-corrected chi connectivity index (χ3v) is 7.11. The molecule has 1 aliphatic carbocycles. The maximum atomic E-state index is 14.2. The van der Waals surface area contributed by atoms with Crippen LogP contribution in [-0.2, 0) is 14.8 Å². The van der Waals surface area contributed by atoms with Crippen molar-refractivity contribution in [1.29, 1.82) is 0 Å². The Hall–Kier alpha value is -1.51. The van der Waals surface area contributed by atoms with Gasteiger partial charge in [0.05, 0.1) is 6.10 Å². The molecule has 3 rings (SSSR count). The van der Waals surface area contributed by atoms with E-state index in [0.717, 1.165) is 23.2 Å². The molecule has 2 N–H and O–H groups in total. The molecule has 2 atom stereocenters. The summed E-state index contributed by atoms with van der Waals surface area (Å²) in [5.74, 6) is -1.85. The predicted molar refractivity (Wildman–Crippen MR) is 87.9 cm³/mol. The molecule has 25 heavy (non-hydrogen) atoms. The van der Waals surface area contributed by atoms with Crippen LogP contribution in [0.2, 0.25) is 0 Å². The van der Waals surface area contributed by atoms with E-state index in [2.05, 4.69) is 0 Å². The second kappa shape index (κ2) is 6.34. The van der Waals surface area contributed by atoms with Gasteiger partial charge in [0.2, 0.25) is 10.0 Å². The molecule has 2 aliphatic rings. The molecule has 0 bridgehead atoms. The molecule has 0 spiro atoms. The standard InChI is InChI=1S/C17H22FNO5S/c1-11-2-5-14(13(18)8-11)25(23,24)19-7-6-15(20)17(10-19,16(21)22)9-12-3-4-12/h2,5,8,12,15,20H,3-4,6-7,9-10H2,1H3,(H,21,22)/t15-,17+/m1/s1. The lowest BCUT2D eigenvalue weighted by molar-refractivity contribution is -0.162. The predicted octanol–water partition coefficient (Wildman–Crippen LogP) is 1.76. The lowest BCUT2D eigenvalue weighted by atomic mass is 9.74. The molecule has 1 heterocycles. The number of aliphatic hydroxyl groups excluding tert-OH is 1. The Bertz CT molecular complexity index is 792. The molecule has 1 aliphatic heterocycles. The van der Waals surface area contributed by atoms with Gasteiger partial charge in [0.15, 0.2) is 0 Å². The highest BCUT2D eigenvalue weighted by molar-refractivity contribution is 7.89. The van der Waals surface area contributed by atoms with Crippen LogP contribution in [0.5, 0.6) is 0 Å². The number of carboxylic acid groups (broad SMARTS) is 1. The maximum Gasteiger partial charge on any atom is 0.313 e. The summed E-state index contributed by atoms with van der Waals surface area (Å²) in [7, 11) is -4.17. The molecule has 6 nitrogen and oxygen atoms in total. The summed E-state index contributed by atoms with van der Waals surface area (Å²) in [6.07, 6.45) is 0.930. The topological polar surface area (TPSA) is 94.9 Å². The van der Waals surface area contributed by atoms with Gasteiger partial charge >= 0.3 is 5.97 Å². The zero-order chi connectivity index (χ0) is 18.4. The lowest BCUT2D eigenvalue weighted by Crippen LogP contribution is -2.57. The van der Waals surface area contributed by atoms with Crippen LogP contribution in [0.1, 0.15) is 31.2 Å². The van der Waals surface area contributed by atoms with E-state index in [1.807, 2.05) is 0 Å². The Labute approximate surface area is 146 Å². The molecule has 1 aromatic rings. The van der Waals surface area contributed by atoms with Gasteiger partial charge in [0.25, 0.3) is 0 Å². The molecule has 2 fully saturated rings. The molecular formula is C17H22FNO5S. The van der Waals surface area contributed by atoms with Crippen molar-refractivity contribution in [2.75, 3.05) is 13.1 Å². The van der Waals surface area contributed by atoms with Crippen LogP contribution in [0.25, 0.3) is 0 Å². The lowest BCUT2D eigenvalue weighted by Gasteiger charge is -2.42. The average molecular weight is 371 g/mol. The van der Waals surface area contributed by atoms with Crippen LogP contribution in [0.3, 0.4) is 0 Å². The summed E-state index contributed by atoms with van der Waals surface area (Å²) in [5.41, 5.74) is -0.938. The van der Waals surface area contributed by atoms with Gasteiger partial charge in [-0.3, -0.25) is 4.79 Å². The molecule has 0 amide bonds. The zero-order valence-corrected chi connectivity index (χ0v) is 14.8.